The van der Waals surface area contributed by atoms with Crippen LogP contribution in [-0.4, -0.2) is 16.7 Å². The molecule has 0 spiro atoms. The van der Waals surface area contributed by atoms with Crippen LogP contribution < -0.4 is 5.32 Å². The van der Waals surface area contributed by atoms with E-state index in [-0.39, 0.29) is 5.41 Å². The Hall–Kier alpha value is -1.33. The molecular formula is C11H16F3N3. The Morgan fingerprint density at radius 1 is 1.18 bits per heavy atom. The van der Waals surface area contributed by atoms with Crippen LogP contribution in [-0.2, 0) is 6.18 Å². The van der Waals surface area contributed by atoms with Crippen LogP contribution >= 0.6 is 0 Å². The molecule has 0 unspecified atom stereocenters. The van der Waals surface area contributed by atoms with E-state index in [1.54, 1.807) is 0 Å². The van der Waals surface area contributed by atoms with Crippen LogP contribution in [0.1, 0.15) is 32.9 Å². The fourth-order valence-corrected chi connectivity index (χ4v) is 1.03. The maximum Gasteiger partial charge on any atom is 0.435 e. The van der Waals surface area contributed by atoms with E-state index in [1.807, 2.05) is 0 Å². The smallest absolute Gasteiger partial charge is 0.368 e. The van der Waals surface area contributed by atoms with Crippen molar-refractivity contribution in [1.29, 1.82) is 0 Å². The van der Waals surface area contributed by atoms with Crippen molar-refractivity contribution in [3.63, 3.8) is 0 Å². The van der Waals surface area contributed by atoms with Gasteiger partial charge in [0, 0.05) is 6.54 Å². The van der Waals surface area contributed by atoms with Gasteiger partial charge in [-0.25, -0.2) is 0 Å². The van der Waals surface area contributed by atoms with Gasteiger partial charge in [-0.3, -0.25) is 0 Å². The number of aromatic nitrogens is 2. The molecule has 0 radical (unpaired) electrons. The van der Waals surface area contributed by atoms with Crippen LogP contribution in [0.4, 0.5) is 19.0 Å². The van der Waals surface area contributed by atoms with E-state index in [4.69, 9.17) is 0 Å². The molecule has 1 aromatic heterocycles. The molecule has 0 amide bonds. The number of nitrogens with one attached hydrogen (secondary N) is 1. The Labute approximate surface area is 98.4 Å². The van der Waals surface area contributed by atoms with Crippen LogP contribution in [0, 0.1) is 5.41 Å². The molecule has 1 rings (SSSR count). The number of halogens is 3. The summed E-state index contributed by atoms with van der Waals surface area (Å²) in [4.78, 5) is 0. The zero-order valence-electron chi connectivity index (χ0n) is 10.1. The molecule has 0 saturated carbocycles. The van der Waals surface area contributed by atoms with E-state index in [0.29, 0.717) is 12.4 Å². The SMILES string of the molecule is CCC(C)(C)CNc1ccc(C(F)(F)F)nn1. The number of hydrogen-bond donors (Lipinski definition) is 1. The van der Waals surface area contributed by atoms with Crippen molar-refractivity contribution in [3.05, 3.63) is 17.8 Å². The number of rotatable bonds is 4. The molecule has 0 bridgehead atoms. The van der Waals surface area contributed by atoms with E-state index < -0.39 is 11.9 Å². The van der Waals surface area contributed by atoms with E-state index in [9.17, 15) is 13.2 Å². The standard InChI is InChI=1S/C11H16F3N3/c1-4-10(2,3)7-15-9-6-5-8(16-17-9)11(12,13)14/h5-6H,4,7H2,1-3H3,(H,15,17). The summed E-state index contributed by atoms with van der Waals surface area (Å²) in [6, 6.07) is 2.22. The predicted octanol–water partition coefficient (Wildman–Crippen LogP) is 3.34. The lowest BCUT2D eigenvalue weighted by Crippen LogP contribution is -2.22. The molecule has 1 N–H and O–H groups in total. The summed E-state index contributed by atoms with van der Waals surface area (Å²) in [5.74, 6) is 0.361. The Balaban J connectivity index is 2.64. The highest BCUT2D eigenvalue weighted by molar-refractivity contribution is 5.33. The molecule has 0 saturated heterocycles. The van der Waals surface area contributed by atoms with Crippen LogP contribution in [0.3, 0.4) is 0 Å². The Morgan fingerprint density at radius 3 is 2.24 bits per heavy atom. The summed E-state index contributed by atoms with van der Waals surface area (Å²) < 4.78 is 36.7. The lowest BCUT2D eigenvalue weighted by Gasteiger charge is -2.22. The third-order valence-corrected chi connectivity index (χ3v) is 2.66. The average Bonchev–Trinajstić information content (AvgIpc) is 2.26. The Kier molecular flexibility index (Phi) is 3.95. The van der Waals surface area contributed by atoms with Crippen LogP contribution in [0.2, 0.25) is 0 Å². The summed E-state index contributed by atoms with van der Waals surface area (Å²) >= 11 is 0. The van der Waals surface area contributed by atoms with Crippen molar-refractivity contribution in [1.82, 2.24) is 10.2 Å². The average molecular weight is 247 g/mol. The highest BCUT2D eigenvalue weighted by atomic mass is 19.4. The maximum absolute atomic E-state index is 12.2. The predicted molar refractivity (Wildman–Crippen MR) is 59.6 cm³/mol. The summed E-state index contributed by atoms with van der Waals surface area (Å²) in [5.41, 5.74) is -0.900. The fraction of sp³-hybridized carbons (Fsp3) is 0.636. The summed E-state index contributed by atoms with van der Waals surface area (Å²) in [6.07, 6.45) is -3.47. The minimum absolute atomic E-state index is 0.0738. The van der Waals surface area contributed by atoms with Gasteiger partial charge >= 0.3 is 6.18 Å². The maximum atomic E-state index is 12.2. The van der Waals surface area contributed by atoms with E-state index in [0.717, 1.165) is 12.5 Å². The largest absolute Gasteiger partial charge is 0.435 e. The number of anilines is 1. The zero-order chi connectivity index (χ0) is 13.1. The quantitative estimate of drug-likeness (QED) is 0.886. The Morgan fingerprint density at radius 2 is 1.82 bits per heavy atom. The lowest BCUT2D eigenvalue weighted by molar-refractivity contribution is -0.141. The molecule has 6 heteroatoms. The molecule has 17 heavy (non-hydrogen) atoms. The third-order valence-electron chi connectivity index (χ3n) is 2.66. The minimum Gasteiger partial charge on any atom is -0.368 e. The Bertz CT molecular complexity index is 357. The van der Waals surface area contributed by atoms with Gasteiger partial charge in [-0.1, -0.05) is 20.8 Å². The van der Waals surface area contributed by atoms with E-state index >= 15 is 0 Å². The van der Waals surface area contributed by atoms with Gasteiger partial charge in [0.1, 0.15) is 5.82 Å². The van der Waals surface area contributed by atoms with Crippen LogP contribution in [0.5, 0.6) is 0 Å². The van der Waals surface area contributed by atoms with Crippen molar-refractivity contribution in [3.8, 4) is 0 Å². The van der Waals surface area contributed by atoms with E-state index in [2.05, 4.69) is 36.3 Å². The molecule has 0 fully saturated rings. The number of hydrogen-bond acceptors (Lipinski definition) is 3. The molecule has 0 aliphatic heterocycles. The number of alkyl halides is 3. The van der Waals surface area contributed by atoms with Gasteiger partial charge in [0.15, 0.2) is 5.69 Å². The molecule has 0 atom stereocenters. The minimum atomic E-state index is -4.44. The highest BCUT2D eigenvalue weighted by Crippen LogP contribution is 2.27. The normalized spacial score (nSPS) is 12.6. The third kappa shape index (κ3) is 4.20. The zero-order valence-corrected chi connectivity index (χ0v) is 10.1. The molecule has 0 aliphatic rings. The fourth-order valence-electron chi connectivity index (χ4n) is 1.03. The van der Waals surface area contributed by atoms with Gasteiger partial charge in [0.2, 0.25) is 0 Å². The van der Waals surface area contributed by atoms with E-state index in [1.165, 1.54) is 6.07 Å². The highest BCUT2D eigenvalue weighted by Gasteiger charge is 2.32. The molecular weight excluding hydrogens is 231 g/mol. The summed E-state index contributed by atoms with van der Waals surface area (Å²) in [7, 11) is 0. The second kappa shape index (κ2) is 4.89. The van der Waals surface area contributed by atoms with Crippen molar-refractivity contribution in [2.45, 2.75) is 33.4 Å². The first-order valence-corrected chi connectivity index (χ1v) is 5.39. The van der Waals surface area contributed by atoms with Crippen molar-refractivity contribution < 1.29 is 13.2 Å². The molecule has 1 aromatic rings. The summed E-state index contributed by atoms with van der Waals surface area (Å²) in [5, 5.41) is 9.61. The lowest BCUT2D eigenvalue weighted by atomic mass is 9.90. The molecule has 3 nitrogen and oxygen atoms in total. The van der Waals surface area contributed by atoms with Crippen LogP contribution in [0.25, 0.3) is 0 Å². The first-order chi connectivity index (χ1) is 7.74. The second-order valence-electron chi connectivity index (χ2n) is 4.67. The first kappa shape index (κ1) is 13.7. The topological polar surface area (TPSA) is 37.8 Å². The molecule has 0 aliphatic carbocycles. The van der Waals surface area contributed by atoms with Gasteiger partial charge in [-0.2, -0.15) is 13.2 Å². The van der Waals surface area contributed by atoms with Gasteiger partial charge in [0.05, 0.1) is 0 Å². The molecule has 1 heterocycles. The van der Waals surface area contributed by atoms with Gasteiger partial charge in [-0.15, -0.1) is 10.2 Å². The van der Waals surface area contributed by atoms with Crippen LogP contribution in [0.15, 0.2) is 12.1 Å². The summed E-state index contributed by atoms with van der Waals surface area (Å²) in [6.45, 7) is 6.83. The monoisotopic (exact) mass is 247 g/mol. The second-order valence-corrected chi connectivity index (χ2v) is 4.67. The van der Waals surface area contributed by atoms with Crippen molar-refractivity contribution in [2.24, 2.45) is 5.41 Å². The van der Waals surface area contributed by atoms with Gasteiger partial charge < -0.3 is 5.32 Å². The van der Waals surface area contributed by atoms with Crippen molar-refractivity contribution in [2.75, 3.05) is 11.9 Å². The van der Waals surface area contributed by atoms with Crippen molar-refractivity contribution >= 4 is 5.82 Å². The first-order valence-electron chi connectivity index (χ1n) is 5.39. The number of nitrogens with zero attached hydrogens (tertiary/aromatic N) is 2. The van der Waals surface area contributed by atoms with Gasteiger partial charge in [-0.05, 0) is 24.0 Å². The van der Waals surface area contributed by atoms with Gasteiger partial charge in [0.25, 0.3) is 0 Å². The molecule has 0 aromatic carbocycles. The molecule has 96 valence electrons.